The van der Waals surface area contributed by atoms with Gasteiger partial charge < -0.3 is 14.2 Å². The Morgan fingerprint density at radius 3 is 1.72 bits per heavy atom. The number of hydrogen-bond acceptors (Lipinski definition) is 8. The molecular weight excluding hydrogens is 512 g/mol. The second kappa shape index (κ2) is 17.8. The minimum Gasteiger partial charge on any atom is -0.465 e. The van der Waals surface area contributed by atoms with E-state index in [4.69, 9.17) is 14.2 Å². The summed E-state index contributed by atoms with van der Waals surface area (Å²) in [4.78, 5) is 33.3. The van der Waals surface area contributed by atoms with Crippen LogP contribution < -0.4 is 4.74 Å². The molecule has 0 aliphatic rings. The molecule has 0 bridgehead atoms. The zero-order valence-electron chi connectivity index (χ0n) is 26.1. The van der Waals surface area contributed by atoms with Gasteiger partial charge in [-0.2, -0.15) is 4.98 Å². The average molecular weight is 567 g/mol. The normalized spacial score (nSPS) is 12.2. The summed E-state index contributed by atoms with van der Waals surface area (Å²) in [7, 11) is 0. The van der Waals surface area contributed by atoms with Crippen molar-refractivity contribution in [1.82, 2.24) is 9.97 Å². The second-order valence-corrected chi connectivity index (χ2v) is 13.3. The Hall–Kier alpha value is -1.83. The van der Waals surface area contributed by atoms with Crippen LogP contribution >= 0.6 is 11.8 Å². The van der Waals surface area contributed by atoms with Crippen LogP contribution in [-0.2, 0) is 19.1 Å². The molecule has 1 aromatic rings. The molecule has 0 saturated heterocycles. The molecule has 1 aromatic heterocycles. The molecule has 0 spiro atoms. The number of hydrogen-bond donors (Lipinski definition) is 0. The van der Waals surface area contributed by atoms with Gasteiger partial charge in [0, 0.05) is 6.20 Å². The van der Waals surface area contributed by atoms with E-state index in [1.54, 1.807) is 11.8 Å². The number of carbonyl (C=O) groups is 2. The first-order chi connectivity index (χ1) is 18.3. The predicted molar refractivity (Wildman–Crippen MR) is 159 cm³/mol. The van der Waals surface area contributed by atoms with E-state index in [1.807, 2.05) is 68.5 Å². The van der Waals surface area contributed by atoms with Gasteiger partial charge in [-0.05, 0) is 96.3 Å². The smallest absolute Gasteiger partial charge is 0.317 e. The molecular formula is C31H54N2O5S. The van der Waals surface area contributed by atoms with Gasteiger partial charge in [0.15, 0.2) is 0 Å². The summed E-state index contributed by atoms with van der Waals surface area (Å²) in [5.74, 6) is 1.28. The molecule has 7 nitrogen and oxygen atoms in total. The van der Waals surface area contributed by atoms with Gasteiger partial charge in [0.25, 0.3) is 0 Å². The van der Waals surface area contributed by atoms with E-state index in [0.717, 1.165) is 67.7 Å². The Labute approximate surface area is 242 Å². The lowest BCUT2D eigenvalue weighted by Crippen LogP contribution is -2.32. The highest BCUT2D eigenvalue weighted by molar-refractivity contribution is 7.99. The molecule has 0 atom stereocenters. The summed E-state index contributed by atoms with van der Waals surface area (Å²) >= 11 is 1.74. The van der Waals surface area contributed by atoms with E-state index in [-0.39, 0.29) is 23.8 Å². The third-order valence-electron chi connectivity index (χ3n) is 7.86. The Bertz CT molecular complexity index is 871. The third kappa shape index (κ3) is 12.9. The highest BCUT2D eigenvalue weighted by atomic mass is 32.2. The van der Waals surface area contributed by atoms with Crippen molar-refractivity contribution in [3.63, 3.8) is 0 Å². The van der Waals surface area contributed by atoms with Gasteiger partial charge in [-0.15, -0.1) is 11.8 Å². The standard InChI is InChI=1S/C31H54N2O5S/c1-23(2)30(6,7)27(34)36-18-14-10-11-16-20-38-29-32-22-25(5)26(33-29)39-21-17-13-12-15-19-37-28(35)31(8,9)24(3)4/h22-24H,10-21H2,1-9H3. The average Bonchev–Trinajstić information content (AvgIpc) is 2.87. The van der Waals surface area contributed by atoms with E-state index in [0.29, 0.717) is 25.8 Å². The molecule has 224 valence electrons. The van der Waals surface area contributed by atoms with Crippen molar-refractivity contribution in [2.24, 2.45) is 22.7 Å². The monoisotopic (exact) mass is 566 g/mol. The SMILES string of the molecule is Cc1cnc(OCCCCCCOC(=O)C(C)(C)C(C)C)nc1SCCCCCCOC(=O)C(C)(C)C(C)C. The molecule has 0 fully saturated rings. The maximum atomic E-state index is 12.2. The Kier molecular flexibility index (Phi) is 16.0. The van der Waals surface area contributed by atoms with Crippen molar-refractivity contribution in [2.75, 3.05) is 25.6 Å². The maximum absolute atomic E-state index is 12.2. The lowest BCUT2D eigenvalue weighted by Gasteiger charge is -2.26. The van der Waals surface area contributed by atoms with Crippen LogP contribution in [0.4, 0.5) is 0 Å². The summed E-state index contributed by atoms with van der Waals surface area (Å²) in [6.45, 7) is 19.5. The summed E-state index contributed by atoms with van der Waals surface area (Å²) in [5, 5.41) is 0.969. The fourth-order valence-corrected chi connectivity index (χ4v) is 4.21. The van der Waals surface area contributed by atoms with Crippen molar-refractivity contribution in [3.8, 4) is 6.01 Å². The lowest BCUT2D eigenvalue weighted by atomic mass is 9.81. The van der Waals surface area contributed by atoms with Crippen LogP contribution in [0.5, 0.6) is 6.01 Å². The summed E-state index contributed by atoms with van der Waals surface area (Å²) in [6.07, 6.45) is 9.73. The van der Waals surface area contributed by atoms with Gasteiger partial charge in [0.05, 0.1) is 30.7 Å². The van der Waals surface area contributed by atoms with Crippen molar-refractivity contribution in [1.29, 1.82) is 0 Å². The predicted octanol–water partition coefficient (Wildman–Crippen LogP) is 7.83. The van der Waals surface area contributed by atoms with Crippen LogP contribution in [-0.4, -0.2) is 47.5 Å². The summed E-state index contributed by atoms with van der Waals surface area (Å²) in [5.41, 5.74) is 0.181. The summed E-state index contributed by atoms with van der Waals surface area (Å²) < 4.78 is 16.7. The van der Waals surface area contributed by atoms with Crippen molar-refractivity contribution < 1.29 is 23.8 Å². The molecule has 39 heavy (non-hydrogen) atoms. The number of esters is 2. The number of rotatable bonds is 20. The molecule has 0 unspecified atom stereocenters. The number of thioether (sulfide) groups is 1. The number of aryl methyl sites for hydroxylation is 1. The molecule has 0 amide bonds. The van der Waals surface area contributed by atoms with Gasteiger partial charge in [-0.25, -0.2) is 4.98 Å². The Balaban J connectivity index is 2.17. The van der Waals surface area contributed by atoms with Gasteiger partial charge in [0.2, 0.25) is 0 Å². The van der Waals surface area contributed by atoms with E-state index < -0.39 is 10.8 Å². The number of unbranched alkanes of at least 4 members (excludes halogenated alkanes) is 6. The Morgan fingerprint density at radius 2 is 1.23 bits per heavy atom. The van der Waals surface area contributed by atoms with E-state index in [9.17, 15) is 9.59 Å². The van der Waals surface area contributed by atoms with Crippen LogP contribution in [0.1, 0.15) is 112 Å². The quantitative estimate of drug-likeness (QED) is 0.0683. The molecule has 0 radical (unpaired) electrons. The van der Waals surface area contributed by atoms with Crippen molar-refractivity contribution in [3.05, 3.63) is 11.8 Å². The van der Waals surface area contributed by atoms with Crippen LogP contribution in [0.3, 0.4) is 0 Å². The number of nitrogens with zero attached hydrogens (tertiary/aromatic N) is 2. The minimum absolute atomic E-state index is 0.102. The Morgan fingerprint density at radius 1 is 0.769 bits per heavy atom. The van der Waals surface area contributed by atoms with Gasteiger partial charge in [-0.1, -0.05) is 40.5 Å². The van der Waals surface area contributed by atoms with E-state index in [2.05, 4.69) is 9.97 Å². The molecule has 0 N–H and O–H groups in total. The zero-order valence-corrected chi connectivity index (χ0v) is 26.9. The highest BCUT2D eigenvalue weighted by Gasteiger charge is 2.33. The van der Waals surface area contributed by atoms with Gasteiger partial charge >= 0.3 is 17.9 Å². The zero-order chi connectivity index (χ0) is 29.5. The highest BCUT2D eigenvalue weighted by Crippen LogP contribution is 2.28. The first kappa shape index (κ1) is 35.2. The maximum Gasteiger partial charge on any atom is 0.317 e. The molecule has 0 aromatic carbocycles. The van der Waals surface area contributed by atoms with Crippen LogP contribution in [0.25, 0.3) is 0 Å². The van der Waals surface area contributed by atoms with Crippen LogP contribution in [0.2, 0.25) is 0 Å². The third-order valence-corrected chi connectivity index (χ3v) is 9.04. The number of carbonyl (C=O) groups excluding carboxylic acids is 2. The molecule has 8 heteroatoms. The molecule has 0 saturated carbocycles. The topological polar surface area (TPSA) is 87.6 Å². The largest absolute Gasteiger partial charge is 0.465 e. The first-order valence-corrected chi connectivity index (χ1v) is 15.7. The number of ether oxygens (including phenoxy) is 3. The van der Waals surface area contributed by atoms with Gasteiger partial charge in [0.1, 0.15) is 5.03 Å². The number of aromatic nitrogens is 2. The fraction of sp³-hybridized carbons (Fsp3) is 0.806. The van der Waals surface area contributed by atoms with Crippen LogP contribution in [0, 0.1) is 29.6 Å². The fourth-order valence-electron chi connectivity index (χ4n) is 3.25. The van der Waals surface area contributed by atoms with Crippen molar-refractivity contribution in [2.45, 2.75) is 119 Å². The minimum atomic E-state index is -0.443. The first-order valence-electron chi connectivity index (χ1n) is 14.7. The van der Waals surface area contributed by atoms with Crippen LogP contribution in [0.15, 0.2) is 11.2 Å². The van der Waals surface area contributed by atoms with Crippen molar-refractivity contribution >= 4 is 23.7 Å². The van der Waals surface area contributed by atoms with E-state index in [1.165, 1.54) is 0 Å². The molecule has 0 aliphatic carbocycles. The molecule has 1 heterocycles. The van der Waals surface area contributed by atoms with Gasteiger partial charge in [-0.3, -0.25) is 9.59 Å². The van der Waals surface area contributed by atoms with E-state index >= 15 is 0 Å². The second-order valence-electron chi connectivity index (χ2n) is 12.2. The lowest BCUT2D eigenvalue weighted by molar-refractivity contribution is -0.157. The molecule has 1 rings (SSSR count). The molecule has 0 aliphatic heterocycles. The summed E-state index contributed by atoms with van der Waals surface area (Å²) in [6, 6.07) is 0.430.